The summed E-state index contributed by atoms with van der Waals surface area (Å²) in [6, 6.07) is 7.56. The molecule has 1 aliphatic heterocycles. The van der Waals surface area contributed by atoms with Gasteiger partial charge in [0.25, 0.3) is 5.91 Å². The number of carbonyl (C=O) groups excluding carboxylic acids is 2. The Kier molecular flexibility index (Phi) is 7.15. The van der Waals surface area contributed by atoms with Crippen molar-refractivity contribution in [1.82, 2.24) is 4.90 Å². The van der Waals surface area contributed by atoms with Crippen molar-refractivity contribution in [2.45, 2.75) is 38.1 Å². The molecule has 1 aromatic carbocycles. The number of thioether (sulfide) groups is 1. The van der Waals surface area contributed by atoms with Gasteiger partial charge in [0, 0.05) is 22.9 Å². The summed E-state index contributed by atoms with van der Waals surface area (Å²) in [5.41, 5.74) is 2.17. The molecule has 0 bridgehead atoms. The van der Waals surface area contributed by atoms with Crippen molar-refractivity contribution in [2.24, 2.45) is 0 Å². The summed E-state index contributed by atoms with van der Waals surface area (Å²) in [5, 5.41) is 3.59. The first-order chi connectivity index (χ1) is 13.6. The zero-order valence-corrected chi connectivity index (χ0v) is 18.2. The van der Waals surface area contributed by atoms with Gasteiger partial charge in [0.2, 0.25) is 0 Å². The van der Waals surface area contributed by atoms with Crippen LogP contribution < -0.4 is 5.32 Å². The smallest absolute Gasteiger partial charge is 0.341 e. The van der Waals surface area contributed by atoms with Crippen molar-refractivity contribution in [3.05, 3.63) is 45.8 Å². The van der Waals surface area contributed by atoms with Crippen LogP contribution in [0.4, 0.5) is 5.00 Å². The van der Waals surface area contributed by atoms with E-state index in [-0.39, 0.29) is 11.9 Å². The fourth-order valence-corrected chi connectivity index (χ4v) is 5.55. The molecule has 0 spiro atoms. The van der Waals surface area contributed by atoms with Crippen molar-refractivity contribution < 1.29 is 14.3 Å². The van der Waals surface area contributed by atoms with E-state index in [0.717, 1.165) is 53.6 Å². The van der Waals surface area contributed by atoms with Crippen LogP contribution in [0.5, 0.6) is 0 Å². The fourth-order valence-electron chi connectivity index (χ4n) is 3.48. The van der Waals surface area contributed by atoms with E-state index < -0.39 is 0 Å². The Bertz CT molecular complexity index is 863. The molecular weight excluding hydrogens is 392 g/mol. The molecule has 0 saturated heterocycles. The van der Waals surface area contributed by atoms with Crippen LogP contribution in [-0.2, 0) is 17.7 Å². The number of fused-ring (bicyclic) bond motifs is 1. The fraction of sp³-hybridized carbons (Fsp3) is 0.429. The molecule has 2 heterocycles. The minimum Gasteiger partial charge on any atom is -0.465 e. The first-order valence-electron chi connectivity index (χ1n) is 9.57. The predicted octanol–water partition coefficient (Wildman–Crippen LogP) is 4.67. The number of rotatable bonds is 7. The quantitative estimate of drug-likeness (QED) is 0.523. The molecule has 1 aromatic heterocycles. The molecule has 0 aliphatic carbocycles. The largest absolute Gasteiger partial charge is 0.465 e. The van der Waals surface area contributed by atoms with E-state index in [1.165, 1.54) is 18.4 Å². The lowest BCUT2D eigenvalue weighted by molar-refractivity contribution is 0.0600. The summed E-state index contributed by atoms with van der Waals surface area (Å²) >= 11 is 3.13. The van der Waals surface area contributed by atoms with Gasteiger partial charge >= 0.3 is 5.97 Å². The molecule has 1 amide bonds. The second-order valence-electron chi connectivity index (χ2n) is 6.61. The van der Waals surface area contributed by atoms with Crippen molar-refractivity contribution in [1.29, 1.82) is 0 Å². The lowest BCUT2D eigenvalue weighted by atomic mass is 10.0. The third-order valence-corrected chi connectivity index (χ3v) is 6.81. The van der Waals surface area contributed by atoms with E-state index in [1.54, 1.807) is 11.8 Å². The van der Waals surface area contributed by atoms with Crippen molar-refractivity contribution in [3.8, 4) is 0 Å². The van der Waals surface area contributed by atoms with Gasteiger partial charge in [-0.25, -0.2) is 4.79 Å². The van der Waals surface area contributed by atoms with Gasteiger partial charge < -0.3 is 10.1 Å². The van der Waals surface area contributed by atoms with E-state index in [2.05, 4.69) is 24.1 Å². The highest BCUT2D eigenvalue weighted by molar-refractivity contribution is 7.99. The van der Waals surface area contributed by atoms with Gasteiger partial charge in [-0.2, -0.15) is 0 Å². The number of nitrogens with one attached hydrogen (secondary N) is 1. The molecule has 1 aliphatic rings. The number of nitrogens with zero attached hydrogens (tertiary/aromatic N) is 1. The number of ether oxygens (including phenoxy) is 1. The Morgan fingerprint density at radius 1 is 1.29 bits per heavy atom. The van der Waals surface area contributed by atoms with Gasteiger partial charge in [-0.3, -0.25) is 9.69 Å². The predicted molar refractivity (Wildman–Crippen MR) is 116 cm³/mol. The molecule has 2 aromatic rings. The molecule has 1 N–H and O–H groups in total. The highest BCUT2D eigenvalue weighted by Crippen LogP contribution is 2.38. The molecule has 0 radical (unpaired) electrons. The SMILES string of the molecule is CCCN1CCc2c(sc(NC(=O)c3ccccc3SCC)c2C(=O)OC)C1. The van der Waals surface area contributed by atoms with E-state index in [0.29, 0.717) is 16.1 Å². The van der Waals surface area contributed by atoms with Crippen LogP contribution in [0.1, 0.15) is 51.4 Å². The highest BCUT2D eigenvalue weighted by Gasteiger charge is 2.29. The first kappa shape index (κ1) is 20.9. The minimum absolute atomic E-state index is 0.189. The number of hydrogen-bond acceptors (Lipinski definition) is 6. The summed E-state index contributed by atoms with van der Waals surface area (Å²) in [6.07, 6.45) is 1.90. The molecule has 7 heteroatoms. The zero-order chi connectivity index (χ0) is 20.1. The average Bonchev–Trinajstić information content (AvgIpc) is 3.05. The van der Waals surface area contributed by atoms with Gasteiger partial charge in [0.1, 0.15) is 5.00 Å². The van der Waals surface area contributed by atoms with Crippen LogP contribution in [0, 0.1) is 0 Å². The van der Waals surface area contributed by atoms with E-state index in [1.807, 2.05) is 24.3 Å². The maximum absolute atomic E-state index is 13.0. The maximum Gasteiger partial charge on any atom is 0.341 e. The molecule has 0 fully saturated rings. The molecule has 28 heavy (non-hydrogen) atoms. The normalized spacial score (nSPS) is 13.8. The Morgan fingerprint density at radius 2 is 2.07 bits per heavy atom. The van der Waals surface area contributed by atoms with Crippen molar-refractivity contribution in [3.63, 3.8) is 0 Å². The number of esters is 1. The maximum atomic E-state index is 13.0. The van der Waals surface area contributed by atoms with Gasteiger partial charge in [-0.05, 0) is 42.8 Å². The number of methoxy groups -OCH3 is 1. The molecule has 5 nitrogen and oxygen atoms in total. The minimum atomic E-state index is -0.382. The number of anilines is 1. The zero-order valence-electron chi connectivity index (χ0n) is 16.5. The number of amides is 1. The van der Waals surface area contributed by atoms with Crippen LogP contribution in [-0.4, -0.2) is 42.7 Å². The van der Waals surface area contributed by atoms with Gasteiger partial charge in [-0.1, -0.05) is 26.0 Å². The second-order valence-corrected chi connectivity index (χ2v) is 9.02. The second kappa shape index (κ2) is 9.58. The molecular formula is C21H26N2O3S2. The topological polar surface area (TPSA) is 58.6 Å². The standard InChI is InChI=1S/C21H26N2O3S2/c1-4-11-23-12-10-14-17(13-23)28-20(18(14)21(25)26-3)22-19(24)15-8-6-7-9-16(15)27-5-2/h6-9H,4-5,10-13H2,1-3H3,(H,22,24). The lowest BCUT2D eigenvalue weighted by Gasteiger charge is -2.26. The Morgan fingerprint density at radius 3 is 2.79 bits per heavy atom. The van der Waals surface area contributed by atoms with Gasteiger partial charge in [0.15, 0.2) is 0 Å². The Hall–Kier alpha value is -1.83. The number of carbonyl (C=O) groups is 2. The van der Waals surface area contributed by atoms with Crippen molar-refractivity contribution >= 4 is 40.0 Å². The average molecular weight is 419 g/mol. The summed E-state index contributed by atoms with van der Waals surface area (Å²) in [5.74, 6) is 0.316. The van der Waals surface area contributed by atoms with E-state index in [9.17, 15) is 9.59 Å². The van der Waals surface area contributed by atoms with Crippen LogP contribution in [0.2, 0.25) is 0 Å². The van der Waals surface area contributed by atoms with Crippen molar-refractivity contribution in [2.75, 3.05) is 31.3 Å². The van der Waals surface area contributed by atoms with Gasteiger partial charge in [-0.15, -0.1) is 23.1 Å². The summed E-state index contributed by atoms with van der Waals surface area (Å²) in [4.78, 5) is 29.9. The molecule has 0 atom stereocenters. The summed E-state index contributed by atoms with van der Waals surface area (Å²) in [6.45, 7) is 7.00. The Labute approximate surface area is 174 Å². The summed E-state index contributed by atoms with van der Waals surface area (Å²) < 4.78 is 5.02. The molecule has 0 saturated carbocycles. The van der Waals surface area contributed by atoms with E-state index in [4.69, 9.17) is 4.74 Å². The number of benzene rings is 1. The van der Waals surface area contributed by atoms with Gasteiger partial charge in [0.05, 0.1) is 18.2 Å². The summed E-state index contributed by atoms with van der Waals surface area (Å²) in [7, 11) is 1.39. The highest BCUT2D eigenvalue weighted by atomic mass is 32.2. The first-order valence-corrected chi connectivity index (χ1v) is 11.4. The number of hydrogen-bond donors (Lipinski definition) is 1. The molecule has 0 unspecified atom stereocenters. The monoisotopic (exact) mass is 418 g/mol. The Balaban J connectivity index is 1.92. The molecule has 150 valence electrons. The van der Waals surface area contributed by atoms with Crippen LogP contribution in [0.3, 0.4) is 0 Å². The third kappa shape index (κ3) is 4.42. The number of thiophene rings is 1. The van der Waals surface area contributed by atoms with E-state index >= 15 is 0 Å². The van der Waals surface area contributed by atoms with Crippen LogP contribution >= 0.6 is 23.1 Å². The molecule has 3 rings (SSSR count). The van der Waals surface area contributed by atoms with Crippen LogP contribution in [0.15, 0.2) is 29.2 Å². The van der Waals surface area contributed by atoms with Crippen LogP contribution in [0.25, 0.3) is 0 Å². The lowest BCUT2D eigenvalue weighted by Crippen LogP contribution is -2.30. The third-order valence-electron chi connectivity index (χ3n) is 4.72.